The quantitative estimate of drug-likeness (QED) is 0.0265. The molecule has 0 aromatic heterocycles. The number of rotatable bonds is 35. The molecule has 1 saturated carbocycles. The minimum atomic E-state index is -1.26. The molecule has 0 radical (unpaired) electrons. The molecule has 436 valence electrons. The van der Waals surface area contributed by atoms with Crippen LogP contribution >= 0.6 is 47.8 Å². The zero-order chi connectivity index (χ0) is 57.8. The van der Waals surface area contributed by atoms with Crippen LogP contribution in [0.1, 0.15) is 119 Å². The minimum absolute atomic E-state index is 0.00952. The fourth-order valence-corrected chi connectivity index (χ4v) is 10.6. The van der Waals surface area contributed by atoms with Gasteiger partial charge in [-0.1, -0.05) is 115 Å². The monoisotopic (exact) mass is 1300 g/mol. The molecular weight excluding hydrogens is 1220 g/mol. The number of allylic oxidation sites excluding steroid dienone is 2. The van der Waals surface area contributed by atoms with E-state index in [1.54, 1.807) is 4.90 Å². The second-order valence-electron chi connectivity index (χ2n) is 20.4. The number of nitrogens with one attached hydrogen (secondary N) is 8. The average Bonchev–Trinajstić information content (AvgIpc) is 4.11. The second kappa shape index (κ2) is 35.0. The Hall–Kier alpha value is -5.94. The highest BCUT2D eigenvalue weighted by Crippen LogP contribution is 2.43. The zero-order valence-electron chi connectivity index (χ0n) is 45.2. The van der Waals surface area contributed by atoms with Gasteiger partial charge in [0, 0.05) is 44.9 Å². The van der Waals surface area contributed by atoms with Crippen molar-refractivity contribution in [1.82, 2.24) is 42.5 Å². The molecule has 80 heavy (non-hydrogen) atoms. The lowest BCUT2D eigenvalue weighted by Crippen LogP contribution is -2.58. The molecule has 3 aliphatic rings. The van der Waals surface area contributed by atoms with Crippen LogP contribution in [-0.4, -0.2) is 125 Å². The van der Waals surface area contributed by atoms with Crippen LogP contribution < -0.4 is 53.2 Å². The predicted molar refractivity (Wildman–Crippen MR) is 317 cm³/mol. The number of unbranched alkanes of at least 4 members (excludes halogenated alkanes) is 4. The van der Waals surface area contributed by atoms with Crippen molar-refractivity contribution >= 4 is 125 Å². The first kappa shape index (κ1) is 64.9. The first-order valence-electron chi connectivity index (χ1n) is 27.7. The Morgan fingerprint density at radius 3 is 1.48 bits per heavy atom. The van der Waals surface area contributed by atoms with Crippen LogP contribution in [0.4, 0.5) is 5.69 Å². The zero-order valence-corrected chi connectivity index (χ0v) is 49.9. The van der Waals surface area contributed by atoms with E-state index >= 15 is 0 Å². The number of amides is 10. The summed E-state index contributed by atoms with van der Waals surface area (Å²) in [6, 6.07) is 10.4. The lowest BCUT2D eigenvalue weighted by Gasteiger charge is -2.27. The molecule has 2 bridgehead atoms. The van der Waals surface area contributed by atoms with Crippen LogP contribution in [0.3, 0.4) is 0 Å². The van der Waals surface area contributed by atoms with Gasteiger partial charge in [0.1, 0.15) is 24.2 Å². The number of benzene rings is 2. The maximum atomic E-state index is 14.5. The number of carbonyl (C=O) groups excluding carboxylic acids is 10. The maximum absolute atomic E-state index is 14.5. The third-order valence-corrected chi connectivity index (χ3v) is 15.9. The lowest BCUT2D eigenvalue weighted by atomic mass is 9.93. The van der Waals surface area contributed by atoms with E-state index in [4.69, 9.17) is 5.73 Å². The molecule has 0 saturated heterocycles. The number of nitrogens with two attached hydrogens (primary N) is 1. The SMILES string of the molecule is NC(=O)C(CCCCNC(=O)C1CC2C=CC1C2)NC(=O)C(CCCCNC(=O)CBr)NC(=O)C(CCCCNC(=O)CBr)NC(=O)C(CCCCNC(=O)CBr)NC(=O)CCC(=O)N1Cc2ccccc2/C=C\c2ccccc21. The molecule has 10 amide bonds. The van der Waals surface area contributed by atoms with Gasteiger partial charge in [0.2, 0.25) is 59.1 Å². The topological polar surface area (TPSA) is 296 Å². The number of nitrogens with zero attached hydrogens (tertiary/aromatic N) is 1. The van der Waals surface area contributed by atoms with Crippen LogP contribution in [0.5, 0.6) is 0 Å². The summed E-state index contributed by atoms with van der Waals surface area (Å²) in [5.74, 6) is -3.82. The Morgan fingerprint density at radius 1 is 0.512 bits per heavy atom. The number of hydrogen-bond donors (Lipinski definition) is 9. The summed E-state index contributed by atoms with van der Waals surface area (Å²) in [4.78, 5) is 134. The predicted octanol–water partition coefficient (Wildman–Crippen LogP) is 4.45. The third-order valence-electron chi connectivity index (χ3n) is 14.4. The molecule has 2 aromatic rings. The normalized spacial score (nSPS) is 17.6. The minimum Gasteiger partial charge on any atom is -0.368 e. The van der Waals surface area contributed by atoms with Crippen molar-refractivity contribution in [2.24, 2.45) is 23.5 Å². The van der Waals surface area contributed by atoms with Crippen LogP contribution in [0, 0.1) is 17.8 Å². The summed E-state index contributed by atoms with van der Waals surface area (Å²) < 4.78 is 0. The summed E-state index contributed by atoms with van der Waals surface area (Å²) in [6.45, 7) is 1.52. The summed E-state index contributed by atoms with van der Waals surface area (Å²) in [7, 11) is 0. The van der Waals surface area contributed by atoms with Crippen molar-refractivity contribution in [3.8, 4) is 0 Å². The van der Waals surface area contributed by atoms with E-state index in [1.165, 1.54) is 0 Å². The van der Waals surface area contributed by atoms with Crippen molar-refractivity contribution in [2.75, 3.05) is 47.1 Å². The van der Waals surface area contributed by atoms with E-state index in [0.717, 1.165) is 29.5 Å². The molecule has 10 N–H and O–H groups in total. The summed E-state index contributed by atoms with van der Waals surface area (Å²) in [5, 5.41) is 22.7. The van der Waals surface area contributed by atoms with Gasteiger partial charge in [-0.3, -0.25) is 47.9 Å². The Balaban J connectivity index is 1.28. The molecule has 1 heterocycles. The van der Waals surface area contributed by atoms with E-state index in [0.29, 0.717) is 82.6 Å². The maximum Gasteiger partial charge on any atom is 0.243 e. The largest absolute Gasteiger partial charge is 0.368 e. The van der Waals surface area contributed by atoms with Crippen molar-refractivity contribution < 1.29 is 47.9 Å². The fourth-order valence-electron chi connectivity index (χ4n) is 10.0. The molecule has 1 fully saturated rings. The highest BCUT2D eigenvalue weighted by atomic mass is 79.9. The first-order valence-corrected chi connectivity index (χ1v) is 31.1. The Labute approximate surface area is 493 Å². The van der Waals surface area contributed by atoms with Crippen molar-refractivity contribution in [2.45, 2.75) is 133 Å². The van der Waals surface area contributed by atoms with E-state index in [-0.39, 0.29) is 109 Å². The van der Waals surface area contributed by atoms with Gasteiger partial charge >= 0.3 is 0 Å². The van der Waals surface area contributed by atoms with Gasteiger partial charge in [0.15, 0.2) is 0 Å². The summed E-state index contributed by atoms with van der Waals surface area (Å²) in [5.41, 5.74) is 9.19. The number of anilines is 1. The van der Waals surface area contributed by atoms with Crippen LogP contribution in [-0.2, 0) is 54.5 Å². The highest BCUT2D eigenvalue weighted by molar-refractivity contribution is 9.09. The molecule has 1 aliphatic heterocycles. The molecule has 0 spiro atoms. The van der Waals surface area contributed by atoms with Gasteiger partial charge in [0.25, 0.3) is 0 Å². The molecule has 7 atom stereocenters. The number of fused-ring (bicyclic) bond motifs is 4. The van der Waals surface area contributed by atoms with E-state index < -0.39 is 53.7 Å². The van der Waals surface area contributed by atoms with Crippen molar-refractivity contribution in [3.63, 3.8) is 0 Å². The summed E-state index contributed by atoms with van der Waals surface area (Å²) >= 11 is 9.37. The van der Waals surface area contributed by atoms with Gasteiger partial charge < -0.3 is 53.2 Å². The van der Waals surface area contributed by atoms with Crippen LogP contribution in [0.2, 0.25) is 0 Å². The molecular formula is C57H77Br3N10O10. The molecule has 5 rings (SSSR count). The third kappa shape index (κ3) is 21.8. The number of para-hydroxylation sites is 1. The fraction of sp³-hybridized carbons (Fsp3) is 0.544. The van der Waals surface area contributed by atoms with Gasteiger partial charge in [-0.15, -0.1) is 0 Å². The van der Waals surface area contributed by atoms with Gasteiger partial charge in [-0.2, -0.15) is 0 Å². The Bertz CT molecular complexity index is 2530. The number of halogens is 3. The van der Waals surface area contributed by atoms with Crippen molar-refractivity contribution in [3.05, 3.63) is 77.4 Å². The van der Waals surface area contributed by atoms with Crippen molar-refractivity contribution in [1.29, 1.82) is 0 Å². The Kier molecular flexibility index (Phi) is 28.4. The molecule has 2 aliphatic carbocycles. The number of carbonyl (C=O) groups is 10. The van der Waals surface area contributed by atoms with Crippen LogP contribution in [0.25, 0.3) is 12.2 Å². The number of alkyl halides is 3. The van der Waals surface area contributed by atoms with Gasteiger partial charge in [-0.05, 0) is 124 Å². The van der Waals surface area contributed by atoms with E-state index in [1.807, 2.05) is 60.7 Å². The van der Waals surface area contributed by atoms with Gasteiger partial charge in [-0.25, -0.2) is 0 Å². The average molecular weight is 1300 g/mol. The molecule has 2 aromatic carbocycles. The first-order chi connectivity index (χ1) is 38.6. The Morgan fingerprint density at radius 2 is 0.975 bits per heavy atom. The molecule has 23 heteroatoms. The standard InChI is InChI=1S/C57H77Br3N10O10/c58-33-49(72)62-27-9-6-17-44(66-48(71)25-26-52(75)70-36-41-15-2-1-13-38(41)23-24-39-14-3-4-20-47(39)70)55(78)68-46(19-8-11-29-64-51(74)35-60)57(80)69-45(18-7-10-28-63-50(73)34-59)56(79)67-43(53(61)76)16-5-12-30-65-54(77)42-32-37-21-22-40(42)31-37/h1-4,13-15,20-24,37,40,42-46H,5-12,16-19,25-36H2,(H2,61,76)(H,62,72)(H,63,73)(H,64,74)(H,65,77)(H,66,71)(H,67,79)(H,68,78)(H,69,80)/b24-23-. The molecule has 20 nitrogen and oxygen atoms in total. The lowest BCUT2D eigenvalue weighted by molar-refractivity contribution is -0.134. The highest BCUT2D eigenvalue weighted by Gasteiger charge is 2.39. The second-order valence-corrected chi connectivity index (χ2v) is 22.1. The van der Waals surface area contributed by atoms with Crippen LogP contribution in [0.15, 0.2) is 60.7 Å². The van der Waals surface area contributed by atoms with Gasteiger partial charge in [0.05, 0.1) is 28.2 Å². The smallest absolute Gasteiger partial charge is 0.243 e. The molecule has 7 unspecified atom stereocenters. The van der Waals surface area contributed by atoms with E-state index in [2.05, 4.69) is 102 Å². The number of primary amides is 1. The van der Waals surface area contributed by atoms with E-state index in [9.17, 15) is 47.9 Å². The number of hydrogen-bond acceptors (Lipinski definition) is 10. The summed E-state index contributed by atoms with van der Waals surface area (Å²) in [6.07, 6.45) is 13.4.